The molecule has 3 aliphatic rings. The summed E-state index contributed by atoms with van der Waals surface area (Å²) in [6.45, 7) is 2.58. The van der Waals surface area contributed by atoms with E-state index in [1.165, 1.54) is 36.8 Å². The first-order chi connectivity index (χ1) is 14.3. The van der Waals surface area contributed by atoms with Crippen molar-refractivity contribution in [2.75, 3.05) is 6.54 Å². The Labute approximate surface area is 175 Å². The van der Waals surface area contributed by atoms with Crippen LogP contribution >= 0.6 is 7.79 Å². The first-order valence-corrected chi connectivity index (χ1v) is 12.9. The Bertz CT molecular complexity index is 739. The summed E-state index contributed by atoms with van der Waals surface area (Å²) in [4.78, 5) is 15.0. The van der Waals surface area contributed by atoms with Gasteiger partial charge in [-0.05, 0) is 36.9 Å². The molecule has 5 rings (SSSR count). The summed E-state index contributed by atoms with van der Waals surface area (Å²) in [5.74, 6) is 0.0977. The van der Waals surface area contributed by atoms with E-state index in [0.717, 1.165) is 32.5 Å². The van der Waals surface area contributed by atoms with Crippen molar-refractivity contribution in [3.05, 3.63) is 71.8 Å². The van der Waals surface area contributed by atoms with Crippen molar-refractivity contribution in [2.45, 2.75) is 69.5 Å². The Balaban J connectivity index is 1.54. The SMILES string of the molecule is [O-][P+]1(C2CCCN2)N(Cc2ccccc2)[C@@H]2CCCC[C@H]2N1Cc1ccccc1. The second-order valence-corrected chi connectivity index (χ2v) is 11.6. The minimum Gasteiger partial charge on any atom is -0.649 e. The van der Waals surface area contributed by atoms with Gasteiger partial charge in [0.05, 0.1) is 25.2 Å². The first kappa shape index (κ1) is 19.7. The molecule has 0 radical (unpaired) electrons. The molecular weight excluding hydrogens is 377 g/mol. The molecule has 0 bridgehead atoms. The van der Waals surface area contributed by atoms with Gasteiger partial charge in [0.15, 0.2) is 0 Å². The summed E-state index contributed by atoms with van der Waals surface area (Å²) in [5.41, 5.74) is 2.55. The maximum atomic E-state index is 15.0. The molecule has 3 fully saturated rings. The highest BCUT2D eigenvalue weighted by atomic mass is 31.2. The molecule has 2 saturated heterocycles. The Morgan fingerprint density at radius 3 is 1.72 bits per heavy atom. The number of benzene rings is 2. The number of fused-ring (bicyclic) bond motifs is 1. The van der Waals surface area contributed by atoms with Crippen LogP contribution < -0.4 is 10.2 Å². The molecule has 1 saturated carbocycles. The lowest BCUT2D eigenvalue weighted by molar-refractivity contribution is -0.195. The topological polar surface area (TPSA) is 41.6 Å². The molecule has 0 aromatic heterocycles. The summed E-state index contributed by atoms with van der Waals surface area (Å²) in [7, 11) is -2.72. The minimum absolute atomic E-state index is 0.0977. The van der Waals surface area contributed by atoms with Crippen LogP contribution in [0.5, 0.6) is 0 Å². The minimum atomic E-state index is -2.72. The van der Waals surface area contributed by atoms with Gasteiger partial charge in [-0.15, -0.1) is 0 Å². The standard InChI is InChI=1S/C24H32N3OP/c28-29(24-16-9-17-25-24)26(18-20-10-3-1-4-11-20)22-14-7-8-15-23(22)27(29)19-21-12-5-2-6-13-21/h1-6,10-13,22-25H,7-9,14-19H2/t22-,23-,24?/m1/s1. The van der Waals surface area contributed by atoms with Crippen LogP contribution in [-0.4, -0.2) is 33.8 Å². The summed E-state index contributed by atoms with van der Waals surface area (Å²) < 4.78 is 4.89. The lowest BCUT2D eigenvalue weighted by Crippen LogP contribution is -2.45. The van der Waals surface area contributed by atoms with Crippen LogP contribution in [-0.2, 0) is 13.1 Å². The van der Waals surface area contributed by atoms with Crippen molar-refractivity contribution in [3.8, 4) is 0 Å². The fourth-order valence-corrected chi connectivity index (χ4v) is 9.67. The van der Waals surface area contributed by atoms with Crippen LogP contribution in [0.4, 0.5) is 0 Å². The van der Waals surface area contributed by atoms with Gasteiger partial charge in [0.25, 0.3) is 0 Å². The number of nitrogens with zero attached hydrogens (tertiary/aromatic N) is 2. The predicted octanol–water partition coefficient (Wildman–Crippen LogP) is 4.15. The van der Waals surface area contributed by atoms with E-state index in [1.54, 1.807) is 0 Å². The molecule has 1 N–H and O–H groups in total. The molecular formula is C24H32N3OP. The van der Waals surface area contributed by atoms with Gasteiger partial charge >= 0.3 is 0 Å². The van der Waals surface area contributed by atoms with Gasteiger partial charge in [0, 0.05) is 6.42 Å². The van der Waals surface area contributed by atoms with Gasteiger partial charge in [-0.3, -0.25) is 5.32 Å². The van der Waals surface area contributed by atoms with Gasteiger partial charge in [-0.25, -0.2) is 0 Å². The molecule has 0 spiro atoms. The van der Waals surface area contributed by atoms with Gasteiger partial charge < -0.3 is 4.89 Å². The van der Waals surface area contributed by atoms with Crippen molar-refractivity contribution in [3.63, 3.8) is 0 Å². The number of nitrogens with one attached hydrogen (secondary N) is 1. The van der Waals surface area contributed by atoms with Crippen LogP contribution in [0.25, 0.3) is 0 Å². The van der Waals surface area contributed by atoms with Gasteiger partial charge in [-0.1, -0.05) is 73.5 Å². The van der Waals surface area contributed by atoms with E-state index >= 15 is 4.89 Å². The van der Waals surface area contributed by atoms with Crippen LogP contribution in [0.15, 0.2) is 60.7 Å². The Kier molecular flexibility index (Phi) is 5.73. The van der Waals surface area contributed by atoms with E-state index in [0.29, 0.717) is 12.1 Å². The monoisotopic (exact) mass is 409 g/mol. The highest BCUT2D eigenvalue weighted by molar-refractivity contribution is 7.65. The fraction of sp³-hybridized carbons (Fsp3) is 0.500. The molecule has 1 aliphatic carbocycles. The second kappa shape index (κ2) is 8.45. The fourth-order valence-electron chi connectivity index (χ4n) is 5.65. The average Bonchev–Trinajstić information content (AvgIpc) is 3.39. The van der Waals surface area contributed by atoms with E-state index in [9.17, 15) is 0 Å². The number of rotatable bonds is 5. The third-order valence-corrected chi connectivity index (χ3v) is 10.6. The normalized spacial score (nSPS) is 29.8. The molecule has 2 aromatic rings. The highest BCUT2D eigenvalue weighted by Crippen LogP contribution is 2.71. The van der Waals surface area contributed by atoms with E-state index in [-0.39, 0.29) is 5.78 Å². The van der Waals surface area contributed by atoms with Gasteiger partial charge in [0.2, 0.25) is 0 Å². The summed E-state index contributed by atoms with van der Waals surface area (Å²) in [6.07, 6.45) is 6.99. The molecule has 0 amide bonds. The summed E-state index contributed by atoms with van der Waals surface area (Å²) in [5, 5.41) is 3.63. The molecule has 1 unspecified atom stereocenters. The van der Waals surface area contributed by atoms with Crippen LogP contribution in [0.1, 0.15) is 49.7 Å². The van der Waals surface area contributed by atoms with Crippen molar-refractivity contribution >= 4 is 7.79 Å². The predicted molar refractivity (Wildman–Crippen MR) is 118 cm³/mol. The molecule has 2 heterocycles. The largest absolute Gasteiger partial charge is 0.649 e. The molecule has 3 atom stereocenters. The first-order valence-electron chi connectivity index (χ1n) is 11.2. The third kappa shape index (κ3) is 3.66. The van der Waals surface area contributed by atoms with E-state index in [2.05, 4.69) is 75.3 Å². The molecule has 2 aromatic carbocycles. The van der Waals surface area contributed by atoms with Gasteiger partial charge in [0.1, 0.15) is 13.6 Å². The van der Waals surface area contributed by atoms with Crippen molar-refractivity contribution in [1.29, 1.82) is 0 Å². The van der Waals surface area contributed by atoms with E-state index in [4.69, 9.17) is 0 Å². The molecule has 4 nitrogen and oxygen atoms in total. The zero-order valence-electron chi connectivity index (χ0n) is 17.1. The van der Waals surface area contributed by atoms with Crippen LogP contribution in [0.2, 0.25) is 0 Å². The molecule has 2 aliphatic heterocycles. The zero-order valence-corrected chi connectivity index (χ0v) is 18.0. The lowest BCUT2D eigenvalue weighted by Gasteiger charge is -2.44. The maximum absolute atomic E-state index is 15.0. The number of hydrogen-bond donors (Lipinski definition) is 1. The van der Waals surface area contributed by atoms with E-state index in [1.807, 2.05) is 0 Å². The average molecular weight is 410 g/mol. The maximum Gasteiger partial charge on any atom is 0.147 e. The smallest absolute Gasteiger partial charge is 0.147 e. The van der Waals surface area contributed by atoms with Crippen molar-refractivity contribution < 1.29 is 4.89 Å². The van der Waals surface area contributed by atoms with E-state index < -0.39 is 7.79 Å². The van der Waals surface area contributed by atoms with Crippen LogP contribution in [0.3, 0.4) is 0 Å². The van der Waals surface area contributed by atoms with Crippen molar-refractivity contribution in [2.24, 2.45) is 0 Å². The zero-order chi connectivity index (χ0) is 19.7. The molecule has 5 heteroatoms. The number of hydrogen-bond acceptors (Lipinski definition) is 4. The molecule has 29 heavy (non-hydrogen) atoms. The van der Waals surface area contributed by atoms with Crippen LogP contribution in [0, 0.1) is 0 Å². The Morgan fingerprint density at radius 1 is 0.759 bits per heavy atom. The Morgan fingerprint density at radius 2 is 1.28 bits per heavy atom. The van der Waals surface area contributed by atoms with Crippen molar-refractivity contribution in [1.82, 2.24) is 14.7 Å². The Hall–Kier alpha value is -1.29. The third-order valence-electron chi connectivity index (χ3n) is 7.01. The van der Waals surface area contributed by atoms with Gasteiger partial charge in [-0.2, -0.15) is 9.34 Å². The lowest BCUT2D eigenvalue weighted by atomic mass is 9.90. The quantitative estimate of drug-likeness (QED) is 0.754. The molecule has 154 valence electrons. The highest BCUT2D eigenvalue weighted by Gasteiger charge is 2.62. The summed E-state index contributed by atoms with van der Waals surface area (Å²) >= 11 is 0. The second-order valence-electron chi connectivity index (χ2n) is 8.79. The summed E-state index contributed by atoms with van der Waals surface area (Å²) in [6, 6.07) is 22.1.